The highest BCUT2D eigenvalue weighted by Crippen LogP contribution is 2.37. The van der Waals surface area contributed by atoms with Crippen LogP contribution in [0.25, 0.3) is 0 Å². The summed E-state index contributed by atoms with van der Waals surface area (Å²) in [6, 6.07) is 10.2. The van der Waals surface area contributed by atoms with Crippen molar-refractivity contribution in [1.29, 1.82) is 0 Å². The Balaban J connectivity index is 1.33. The van der Waals surface area contributed by atoms with Gasteiger partial charge in [0.2, 0.25) is 17.7 Å². The van der Waals surface area contributed by atoms with Crippen molar-refractivity contribution in [3.05, 3.63) is 30.3 Å². The second kappa shape index (κ2) is 11.2. The SMILES string of the molecule is CN1CCN(C(=O)CC2CC[C@H](C(=O)N3CCN(c4ccccc4)CC3)[C@@H](C(=O)NO)C2)CC1. The van der Waals surface area contributed by atoms with E-state index >= 15 is 0 Å². The Labute approximate surface area is 201 Å². The van der Waals surface area contributed by atoms with Crippen molar-refractivity contribution in [2.24, 2.45) is 17.8 Å². The van der Waals surface area contributed by atoms with Crippen LogP contribution in [0.3, 0.4) is 0 Å². The minimum Gasteiger partial charge on any atom is -0.368 e. The highest BCUT2D eigenvalue weighted by Gasteiger charge is 2.42. The third-order valence-electron chi connectivity index (χ3n) is 7.76. The van der Waals surface area contributed by atoms with Gasteiger partial charge in [-0.3, -0.25) is 19.6 Å². The molecule has 3 atom stereocenters. The zero-order valence-corrected chi connectivity index (χ0v) is 20.1. The molecule has 2 N–H and O–H groups in total. The monoisotopic (exact) mass is 471 g/mol. The smallest absolute Gasteiger partial charge is 0.247 e. The number of hydroxylamine groups is 1. The predicted octanol–water partition coefficient (Wildman–Crippen LogP) is 1.04. The molecule has 2 aliphatic heterocycles. The number of nitrogens with one attached hydrogen (secondary N) is 1. The number of carbonyl (C=O) groups is 3. The molecule has 3 amide bonds. The fourth-order valence-corrected chi connectivity index (χ4v) is 5.60. The van der Waals surface area contributed by atoms with Crippen molar-refractivity contribution in [3.63, 3.8) is 0 Å². The zero-order chi connectivity index (χ0) is 24.1. The van der Waals surface area contributed by atoms with E-state index in [0.717, 1.165) is 51.4 Å². The minimum absolute atomic E-state index is 0.00911. The molecule has 0 bridgehead atoms. The molecule has 1 aromatic rings. The first-order chi connectivity index (χ1) is 16.5. The van der Waals surface area contributed by atoms with E-state index in [-0.39, 0.29) is 17.7 Å². The molecule has 0 aromatic heterocycles. The number of likely N-dealkylation sites (N-methyl/N-ethyl adjacent to an activating group) is 1. The summed E-state index contributed by atoms with van der Waals surface area (Å²) in [4.78, 5) is 47.0. The summed E-state index contributed by atoms with van der Waals surface area (Å²) in [6.45, 7) is 5.95. The lowest BCUT2D eigenvalue weighted by molar-refractivity contribution is -0.148. The topological polar surface area (TPSA) is 96.4 Å². The molecular weight excluding hydrogens is 434 g/mol. The number of nitrogens with zero attached hydrogens (tertiary/aromatic N) is 4. The Kier molecular flexibility index (Phi) is 8.05. The van der Waals surface area contributed by atoms with E-state index in [2.05, 4.69) is 29.0 Å². The molecule has 1 unspecified atom stereocenters. The molecule has 1 aromatic carbocycles. The van der Waals surface area contributed by atoms with Crippen LogP contribution in [0.5, 0.6) is 0 Å². The van der Waals surface area contributed by atoms with Gasteiger partial charge in [-0.1, -0.05) is 18.2 Å². The third kappa shape index (κ3) is 5.70. The van der Waals surface area contributed by atoms with E-state index in [1.807, 2.05) is 28.0 Å². The summed E-state index contributed by atoms with van der Waals surface area (Å²) in [7, 11) is 2.06. The first-order valence-corrected chi connectivity index (χ1v) is 12.4. The van der Waals surface area contributed by atoms with Crippen LogP contribution in [0, 0.1) is 17.8 Å². The maximum atomic E-state index is 13.4. The first kappa shape index (κ1) is 24.5. The van der Waals surface area contributed by atoms with Crippen molar-refractivity contribution >= 4 is 23.4 Å². The minimum atomic E-state index is -0.608. The number of amides is 3. The van der Waals surface area contributed by atoms with Crippen LogP contribution < -0.4 is 10.4 Å². The lowest BCUT2D eigenvalue weighted by Gasteiger charge is -2.41. The molecule has 2 heterocycles. The van der Waals surface area contributed by atoms with E-state index in [0.29, 0.717) is 32.4 Å². The fourth-order valence-electron chi connectivity index (χ4n) is 5.60. The fraction of sp³-hybridized carbons (Fsp3) is 0.640. The molecular formula is C25H37N5O4. The van der Waals surface area contributed by atoms with E-state index in [9.17, 15) is 19.6 Å². The van der Waals surface area contributed by atoms with Crippen molar-refractivity contribution < 1.29 is 19.6 Å². The van der Waals surface area contributed by atoms with Crippen molar-refractivity contribution in [2.45, 2.75) is 25.7 Å². The zero-order valence-electron chi connectivity index (χ0n) is 20.1. The molecule has 1 aliphatic carbocycles. The summed E-state index contributed by atoms with van der Waals surface area (Å²) >= 11 is 0. The molecule has 3 aliphatic rings. The van der Waals surface area contributed by atoms with Gasteiger partial charge >= 0.3 is 0 Å². The number of benzene rings is 1. The molecule has 9 heteroatoms. The number of hydrogen-bond acceptors (Lipinski definition) is 6. The molecule has 0 radical (unpaired) electrons. The molecule has 4 rings (SSSR count). The van der Waals surface area contributed by atoms with Gasteiger partial charge in [-0.2, -0.15) is 0 Å². The predicted molar refractivity (Wildman–Crippen MR) is 128 cm³/mol. The summed E-state index contributed by atoms with van der Waals surface area (Å²) < 4.78 is 0. The summed E-state index contributed by atoms with van der Waals surface area (Å²) in [5.41, 5.74) is 2.92. The number of anilines is 1. The van der Waals surface area contributed by atoms with Crippen LogP contribution in [-0.4, -0.2) is 97.0 Å². The first-order valence-electron chi connectivity index (χ1n) is 12.4. The molecule has 3 fully saturated rings. The van der Waals surface area contributed by atoms with Gasteiger partial charge in [-0.15, -0.1) is 0 Å². The molecule has 0 spiro atoms. The quantitative estimate of drug-likeness (QED) is 0.492. The number of hydrogen-bond donors (Lipinski definition) is 2. The second-order valence-corrected chi connectivity index (χ2v) is 9.90. The summed E-state index contributed by atoms with van der Waals surface area (Å²) in [5, 5.41) is 9.34. The Bertz CT molecular complexity index is 850. The molecule has 34 heavy (non-hydrogen) atoms. The lowest BCUT2D eigenvalue weighted by atomic mass is 9.72. The Morgan fingerprint density at radius 2 is 1.53 bits per heavy atom. The highest BCUT2D eigenvalue weighted by molar-refractivity contribution is 5.88. The number of para-hydroxylation sites is 1. The average molecular weight is 472 g/mol. The van der Waals surface area contributed by atoms with Gasteiger partial charge in [0.15, 0.2) is 0 Å². The number of carbonyl (C=O) groups excluding carboxylic acids is 3. The van der Waals surface area contributed by atoms with Crippen molar-refractivity contribution in [3.8, 4) is 0 Å². The van der Waals surface area contributed by atoms with Crippen LogP contribution >= 0.6 is 0 Å². The number of piperazine rings is 2. The molecule has 9 nitrogen and oxygen atoms in total. The van der Waals surface area contributed by atoms with Crippen molar-refractivity contribution in [1.82, 2.24) is 20.2 Å². The lowest BCUT2D eigenvalue weighted by Crippen LogP contribution is -2.53. The van der Waals surface area contributed by atoms with Gasteiger partial charge in [0, 0.05) is 70.4 Å². The van der Waals surface area contributed by atoms with Crippen LogP contribution in [0.1, 0.15) is 25.7 Å². The maximum absolute atomic E-state index is 13.4. The summed E-state index contributed by atoms with van der Waals surface area (Å²) in [5.74, 6) is -1.41. The van der Waals surface area contributed by atoms with Gasteiger partial charge in [0.1, 0.15) is 0 Å². The molecule has 2 saturated heterocycles. The van der Waals surface area contributed by atoms with Gasteiger partial charge in [-0.05, 0) is 44.4 Å². The van der Waals surface area contributed by atoms with E-state index in [4.69, 9.17) is 0 Å². The van der Waals surface area contributed by atoms with Crippen LogP contribution in [0.4, 0.5) is 5.69 Å². The Morgan fingerprint density at radius 1 is 0.882 bits per heavy atom. The summed E-state index contributed by atoms with van der Waals surface area (Å²) in [6.07, 6.45) is 2.16. The van der Waals surface area contributed by atoms with Crippen molar-refractivity contribution in [2.75, 3.05) is 64.3 Å². The van der Waals surface area contributed by atoms with Gasteiger partial charge in [-0.25, -0.2) is 5.48 Å². The van der Waals surface area contributed by atoms with E-state index in [1.54, 1.807) is 5.48 Å². The maximum Gasteiger partial charge on any atom is 0.247 e. The van der Waals surface area contributed by atoms with Gasteiger partial charge < -0.3 is 19.6 Å². The standard InChI is InChI=1S/C25H37N5O4/c1-27-9-11-29(12-10-27)23(31)18-19-7-8-21(22(17-19)24(32)26-34)25(33)30-15-13-28(14-16-30)20-5-3-2-4-6-20/h2-6,19,21-22,34H,7-18H2,1H3,(H,26,32)/t19?,21-,22-/m0/s1. The Hall–Kier alpha value is -2.65. The highest BCUT2D eigenvalue weighted by atomic mass is 16.5. The second-order valence-electron chi connectivity index (χ2n) is 9.90. The Morgan fingerprint density at radius 3 is 2.18 bits per heavy atom. The largest absolute Gasteiger partial charge is 0.368 e. The third-order valence-corrected chi connectivity index (χ3v) is 7.76. The van der Waals surface area contributed by atoms with E-state index in [1.165, 1.54) is 0 Å². The van der Waals surface area contributed by atoms with Crippen LogP contribution in [-0.2, 0) is 14.4 Å². The van der Waals surface area contributed by atoms with Gasteiger partial charge in [0.05, 0.1) is 5.92 Å². The van der Waals surface area contributed by atoms with Gasteiger partial charge in [0.25, 0.3) is 0 Å². The molecule has 1 saturated carbocycles. The molecule has 186 valence electrons. The normalized spacial score (nSPS) is 26.3. The van der Waals surface area contributed by atoms with Crippen LogP contribution in [0.15, 0.2) is 30.3 Å². The van der Waals surface area contributed by atoms with E-state index < -0.39 is 17.7 Å². The number of rotatable bonds is 5. The van der Waals surface area contributed by atoms with Crippen LogP contribution in [0.2, 0.25) is 0 Å². The average Bonchev–Trinajstić information content (AvgIpc) is 2.88.